The third-order valence-corrected chi connectivity index (χ3v) is 6.16. The highest BCUT2D eigenvalue weighted by Crippen LogP contribution is 2.32. The molecule has 0 saturated heterocycles. The van der Waals surface area contributed by atoms with Crippen molar-refractivity contribution in [2.75, 3.05) is 13.2 Å². The van der Waals surface area contributed by atoms with Crippen molar-refractivity contribution in [2.45, 2.75) is 78.7 Å². The summed E-state index contributed by atoms with van der Waals surface area (Å²) in [6, 6.07) is 6.30. The molecule has 1 amide bonds. The summed E-state index contributed by atoms with van der Waals surface area (Å²) in [7, 11) is 0. The van der Waals surface area contributed by atoms with Gasteiger partial charge in [-0.15, -0.1) is 0 Å². The molecule has 3 rings (SSSR count). The van der Waals surface area contributed by atoms with E-state index in [1.807, 2.05) is 30.0 Å². The smallest absolute Gasteiger partial charge is 0.246 e. The minimum Gasteiger partial charge on any atom is -0.493 e. The summed E-state index contributed by atoms with van der Waals surface area (Å²) in [4.78, 5) is 19.2. The zero-order valence-electron chi connectivity index (χ0n) is 20.6. The van der Waals surface area contributed by atoms with Gasteiger partial charge in [-0.3, -0.25) is 4.79 Å². The number of hydrogen-bond acceptors (Lipinski definition) is 4. The predicted octanol–water partition coefficient (Wildman–Crippen LogP) is 6.61. The minimum atomic E-state index is 0.0378. The highest BCUT2D eigenvalue weighted by Gasteiger charge is 2.26. The van der Waals surface area contributed by atoms with Gasteiger partial charge in [0.15, 0.2) is 0 Å². The van der Waals surface area contributed by atoms with E-state index in [4.69, 9.17) is 9.15 Å². The number of nitrogens with zero attached hydrogens (tertiary/aromatic N) is 2. The second-order valence-electron chi connectivity index (χ2n) is 8.71. The minimum absolute atomic E-state index is 0.0378. The first-order valence-corrected chi connectivity index (χ1v) is 12.4. The fraction of sp³-hybridized carbons (Fsp3) is 0.500. The Morgan fingerprint density at radius 2 is 2.09 bits per heavy atom. The molecule has 2 aromatic rings. The molecule has 1 aliphatic rings. The Labute approximate surface area is 198 Å². The first-order chi connectivity index (χ1) is 16.0. The second kappa shape index (κ2) is 12.4. The van der Waals surface area contributed by atoms with Crippen LogP contribution in [-0.2, 0) is 17.6 Å². The number of carbonyl (C=O) groups is 1. The van der Waals surface area contributed by atoms with Crippen LogP contribution in [0.3, 0.4) is 0 Å². The lowest BCUT2D eigenvalue weighted by molar-refractivity contribution is -0.128. The highest BCUT2D eigenvalue weighted by atomic mass is 16.5. The number of rotatable bonds is 11. The molecule has 178 valence electrons. The van der Waals surface area contributed by atoms with Crippen LogP contribution in [0.25, 0.3) is 6.08 Å². The summed E-state index contributed by atoms with van der Waals surface area (Å²) in [5.41, 5.74) is 3.41. The third-order valence-electron chi connectivity index (χ3n) is 6.16. The summed E-state index contributed by atoms with van der Waals surface area (Å²) in [5.74, 6) is 2.43. The van der Waals surface area contributed by atoms with Crippen molar-refractivity contribution < 1.29 is 13.9 Å². The van der Waals surface area contributed by atoms with E-state index in [2.05, 4.69) is 44.0 Å². The number of benzene rings is 1. The van der Waals surface area contributed by atoms with Gasteiger partial charge >= 0.3 is 0 Å². The molecule has 1 atom stereocenters. The molecule has 0 aliphatic carbocycles. The molecule has 0 N–H and O–H groups in total. The van der Waals surface area contributed by atoms with E-state index >= 15 is 0 Å². The maximum atomic E-state index is 12.7. The Hall–Kier alpha value is -2.82. The number of ether oxygens (including phenoxy) is 1. The lowest BCUT2D eigenvalue weighted by Crippen LogP contribution is -2.37. The topological polar surface area (TPSA) is 55.6 Å². The van der Waals surface area contributed by atoms with E-state index in [1.165, 1.54) is 11.1 Å². The Kier molecular flexibility index (Phi) is 9.35. The molecule has 0 bridgehead atoms. The van der Waals surface area contributed by atoms with Crippen LogP contribution in [0, 0.1) is 6.92 Å². The molecule has 5 nitrogen and oxygen atoms in total. The number of aryl methyl sites for hydroxylation is 1. The van der Waals surface area contributed by atoms with Gasteiger partial charge in [0.2, 0.25) is 11.8 Å². The van der Waals surface area contributed by atoms with Crippen molar-refractivity contribution >= 4 is 12.0 Å². The summed E-state index contributed by atoms with van der Waals surface area (Å²) < 4.78 is 11.8. The molecule has 0 spiro atoms. The Morgan fingerprint density at radius 3 is 2.88 bits per heavy atom. The normalized spacial score (nSPS) is 16.0. The number of carbonyl (C=O) groups excluding carboxylic acids is 1. The predicted molar refractivity (Wildman–Crippen MR) is 133 cm³/mol. The maximum absolute atomic E-state index is 12.7. The zero-order valence-corrected chi connectivity index (χ0v) is 20.6. The lowest BCUT2D eigenvalue weighted by atomic mass is 9.93. The molecule has 33 heavy (non-hydrogen) atoms. The Bertz CT molecular complexity index is 974. The average molecular weight is 451 g/mol. The van der Waals surface area contributed by atoms with E-state index in [0.29, 0.717) is 18.9 Å². The van der Waals surface area contributed by atoms with Crippen molar-refractivity contribution in [1.29, 1.82) is 0 Å². The molecular formula is C28H38N2O3. The van der Waals surface area contributed by atoms with Gasteiger partial charge in [-0.05, 0) is 68.5 Å². The zero-order chi connectivity index (χ0) is 23.6. The molecule has 0 fully saturated rings. The van der Waals surface area contributed by atoms with Gasteiger partial charge in [0.05, 0.1) is 18.3 Å². The van der Waals surface area contributed by atoms with Gasteiger partial charge in [0.1, 0.15) is 11.5 Å². The van der Waals surface area contributed by atoms with Crippen molar-refractivity contribution in [2.24, 2.45) is 0 Å². The van der Waals surface area contributed by atoms with E-state index in [-0.39, 0.29) is 11.9 Å². The molecule has 0 radical (unpaired) electrons. The SMILES string of the molecule is CCC/C=C/c1nc(CCOc2ccc3c(c2)C(C)N(C(=O)C=CCCCC)CC3)c(C)o1. The largest absolute Gasteiger partial charge is 0.493 e. The van der Waals surface area contributed by atoms with Crippen molar-refractivity contribution in [3.63, 3.8) is 0 Å². The van der Waals surface area contributed by atoms with Crippen molar-refractivity contribution in [1.82, 2.24) is 9.88 Å². The van der Waals surface area contributed by atoms with Crippen LogP contribution in [0.1, 0.15) is 87.4 Å². The van der Waals surface area contributed by atoms with E-state index in [9.17, 15) is 4.79 Å². The summed E-state index contributed by atoms with van der Waals surface area (Å²) in [5, 5.41) is 0. The number of allylic oxidation sites excluding steroid dienone is 2. The van der Waals surface area contributed by atoms with Crippen LogP contribution in [0.2, 0.25) is 0 Å². The van der Waals surface area contributed by atoms with E-state index in [0.717, 1.165) is 62.3 Å². The van der Waals surface area contributed by atoms with Crippen LogP contribution in [0.5, 0.6) is 5.75 Å². The van der Waals surface area contributed by atoms with Gasteiger partial charge in [-0.1, -0.05) is 51.3 Å². The van der Waals surface area contributed by atoms with E-state index < -0.39 is 0 Å². The van der Waals surface area contributed by atoms with Crippen LogP contribution < -0.4 is 4.74 Å². The third kappa shape index (κ3) is 6.83. The van der Waals surface area contributed by atoms with Crippen LogP contribution in [0.15, 0.2) is 40.8 Å². The van der Waals surface area contributed by atoms with E-state index in [1.54, 1.807) is 6.08 Å². The first kappa shape index (κ1) is 24.8. The fourth-order valence-corrected chi connectivity index (χ4v) is 4.15. The van der Waals surface area contributed by atoms with Crippen molar-refractivity contribution in [3.05, 3.63) is 64.9 Å². The molecule has 0 saturated carbocycles. The number of hydrogen-bond donors (Lipinski definition) is 0. The Balaban J connectivity index is 1.58. The summed E-state index contributed by atoms with van der Waals surface area (Å²) in [6.07, 6.45) is 14.7. The number of oxazole rings is 1. The fourth-order valence-electron chi connectivity index (χ4n) is 4.15. The molecule has 5 heteroatoms. The van der Waals surface area contributed by atoms with Gasteiger partial charge in [0, 0.05) is 13.0 Å². The van der Waals surface area contributed by atoms with Gasteiger partial charge in [0.25, 0.3) is 0 Å². The van der Waals surface area contributed by atoms with Crippen LogP contribution >= 0.6 is 0 Å². The lowest BCUT2D eigenvalue weighted by Gasteiger charge is -2.35. The maximum Gasteiger partial charge on any atom is 0.246 e. The summed E-state index contributed by atoms with van der Waals surface area (Å²) >= 11 is 0. The molecule has 1 aromatic carbocycles. The molecule has 1 aromatic heterocycles. The number of amides is 1. The quantitative estimate of drug-likeness (QED) is 0.285. The van der Waals surface area contributed by atoms with Gasteiger partial charge in [-0.25, -0.2) is 4.98 Å². The molecule has 1 aliphatic heterocycles. The number of unbranched alkanes of at least 4 members (excludes halogenated alkanes) is 3. The van der Waals surface area contributed by atoms with Gasteiger partial charge < -0.3 is 14.1 Å². The van der Waals surface area contributed by atoms with Crippen LogP contribution in [0.4, 0.5) is 0 Å². The highest BCUT2D eigenvalue weighted by molar-refractivity contribution is 5.88. The summed E-state index contributed by atoms with van der Waals surface area (Å²) in [6.45, 7) is 9.65. The molecular weight excluding hydrogens is 412 g/mol. The molecule has 1 unspecified atom stereocenters. The van der Waals surface area contributed by atoms with Crippen molar-refractivity contribution in [3.8, 4) is 5.75 Å². The molecule has 2 heterocycles. The van der Waals surface area contributed by atoms with Crippen LogP contribution in [-0.4, -0.2) is 28.9 Å². The first-order valence-electron chi connectivity index (χ1n) is 12.4. The second-order valence-corrected chi connectivity index (χ2v) is 8.71. The number of aromatic nitrogens is 1. The monoisotopic (exact) mass is 450 g/mol. The standard InChI is InChI=1S/C28H38N2O3/c1-5-7-9-11-13-28(31)30-18-16-23-14-15-24(20-25(23)21(30)3)32-19-17-26-22(4)33-27(29-26)12-10-8-6-2/h10-15,20-21H,5-9,16-19H2,1-4H3/b12-10+,13-11?. The number of fused-ring (bicyclic) bond motifs is 1. The van der Waals surface area contributed by atoms with Gasteiger partial charge in [-0.2, -0.15) is 0 Å². The average Bonchev–Trinajstić information content (AvgIpc) is 3.16. The Morgan fingerprint density at radius 1 is 1.24 bits per heavy atom.